The van der Waals surface area contributed by atoms with Gasteiger partial charge in [0.25, 0.3) is 0 Å². The Hall–Kier alpha value is -1.58. The van der Waals surface area contributed by atoms with Crippen molar-refractivity contribution in [3.63, 3.8) is 0 Å². The van der Waals surface area contributed by atoms with Gasteiger partial charge in [-0.05, 0) is 19.4 Å². The number of amides is 1. The molecule has 0 aliphatic rings. The third-order valence-electron chi connectivity index (χ3n) is 2.74. The number of nitrogens with zero attached hydrogens (tertiary/aromatic N) is 1. The molecule has 1 rings (SSSR count). The summed E-state index contributed by atoms with van der Waals surface area (Å²) >= 11 is 0. The van der Waals surface area contributed by atoms with Crippen LogP contribution < -0.4 is 10.1 Å². The van der Waals surface area contributed by atoms with Gasteiger partial charge in [-0.3, -0.25) is 4.79 Å². The van der Waals surface area contributed by atoms with Crippen molar-refractivity contribution in [1.82, 2.24) is 4.98 Å². The fourth-order valence-corrected chi connectivity index (χ4v) is 1.38. The van der Waals surface area contributed by atoms with Crippen molar-refractivity contribution in [3.8, 4) is 5.88 Å². The van der Waals surface area contributed by atoms with Gasteiger partial charge in [0.1, 0.15) is 0 Å². The van der Waals surface area contributed by atoms with Crippen LogP contribution in [0.25, 0.3) is 0 Å². The van der Waals surface area contributed by atoms with E-state index in [4.69, 9.17) is 4.74 Å². The molecule has 1 N–H and O–H groups in total. The number of ether oxygens (including phenoxy) is 1. The Morgan fingerprint density at radius 2 is 2.05 bits per heavy atom. The van der Waals surface area contributed by atoms with E-state index in [2.05, 4.69) is 17.2 Å². The highest BCUT2D eigenvalue weighted by Crippen LogP contribution is 2.21. The van der Waals surface area contributed by atoms with Gasteiger partial charge < -0.3 is 10.1 Å². The predicted molar refractivity (Wildman–Crippen MR) is 77.5 cm³/mol. The Balaban J connectivity index is 2.69. The third-order valence-corrected chi connectivity index (χ3v) is 2.74. The van der Waals surface area contributed by atoms with Crippen LogP contribution in [0.15, 0.2) is 12.1 Å². The molecule has 0 fully saturated rings. The first-order valence-corrected chi connectivity index (χ1v) is 6.76. The zero-order valence-corrected chi connectivity index (χ0v) is 12.5. The second-order valence-electron chi connectivity index (χ2n) is 5.69. The maximum atomic E-state index is 11.9. The molecule has 0 aromatic carbocycles. The Kier molecular flexibility index (Phi) is 5.33. The Labute approximate surface area is 115 Å². The minimum atomic E-state index is -0.414. The molecule has 1 aromatic heterocycles. The molecule has 0 unspecified atom stereocenters. The van der Waals surface area contributed by atoms with E-state index in [1.54, 1.807) is 6.07 Å². The van der Waals surface area contributed by atoms with Crippen LogP contribution in [0.5, 0.6) is 5.88 Å². The van der Waals surface area contributed by atoms with Crippen LogP contribution in [0, 0.1) is 12.3 Å². The van der Waals surface area contributed by atoms with Gasteiger partial charge in [-0.15, -0.1) is 0 Å². The van der Waals surface area contributed by atoms with E-state index in [1.165, 1.54) is 0 Å². The fourth-order valence-electron chi connectivity index (χ4n) is 1.38. The molecule has 0 radical (unpaired) electrons. The molecule has 0 saturated heterocycles. The van der Waals surface area contributed by atoms with Crippen LogP contribution in [0.2, 0.25) is 0 Å². The van der Waals surface area contributed by atoms with Gasteiger partial charge in [0.2, 0.25) is 11.8 Å². The van der Waals surface area contributed by atoms with Crippen LogP contribution in [0.3, 0.4) is 0 Å². The molecule has 1 heterocycles. The number of hydrogen-bond acceptors (Lipinski definition) is 3. The van der Waals surface area contributed by atoms with Crippen LogP contribution >= 0.6 is 0 Å². The highest BCUT2D eigenvalue weighted by Gasteiger charge is 2.21. The van der Waals surface area contributed by atoms with Crippen LogP contribution in [-0.2, 0) is 4.79 Å². The molecule has 0 saturated carbocycles. The molecule has 4 nitrogen and oxygen atoms in total. The summed E-state index contributed by atoms with van der Waals surface area (Å²) in [6, 6.07) is 3.63. The largest absolute Gasteiger partial charge is 0.478 e. The second-order valence-corrected chi connectivity index (χ2v) is 5.69. The fraction of sp³-hybridized carbons (Fsp3) is 0.600. The van der Waals surface area contributed by atoms with E-state index in [9.17, 15) is 4.79 Å². The number of unbranched alkanes of at least 4 members (excludes halogenated alkanes) is 1. The second kappa shape index (κ2) is 6.55. The molecular weight excluding hydrogens is 240 g/mol. The van der Waals surface area contributed by atoms with E-state index < -0.39 is 5.41 Å². The number of pyridine rings is 1. The number of aromatic nitrogens is 1. The summed E-state index contributed by atoms with van der Waals surface area (Å²) in [7, 11) is 0. The molecular formula is C15H24N2O2. The summed E-state index contributed by atoms with van der Waals surface area (Å²) in [5.41, 5.74) is 1.09. The smallest absolute Gasteiger partial charge is 0.229 e. The minimum absolute atomic E-state index is 0.0166. The molecule has 0 aliphatic heterocycles. The molecule has 0 atom stereocenters. The van der Waals surface area contributed by atoms with Gasteiger partial charge in [-0.1, -0.05) is 34.1 Å². The number of nitrogens with one attached hydrogen (secondary N) is 1. The lowest BCUT2D eigenvalue weighted by Gasteiger charge is -2.18. The van der Waals surface area contributed by atoms with Crippen molar-refractivity contribution in [2.75, 3.05) is 11.9 Å². The number of anilines is 1. The number of rotatable bonds is 5. The molecule has 106 valence electrons. The minimum Gasteiger partial charge on any atom is -0.478 e. The van der Waals surface area contributed by atoms with Gasteiger partial charge in [0.05, 0.1) is 18.0 Å². The first-order valence-electron chi connectivity index (χ1n) is 6.76. The highest BCUT2D eigenvalue weighted by molar-refractivity contribution is 5.94. The van der Waals surface area contributed by atoms with Crippen LogP contribution in [0.4, 0.5) is 5.69 Å². The lowest BCUT2D eigenvalue weighted by molar-refractivity contribution is -0.123. The van der Waals surface area contributed by atoms with E-state index in [0.29, 0.717) is 12.5 Å². The summed E-state index contributed by atoms with van der Waals surface area (Å²) < 4.78 is 5.53. The molecule has 19 heavy (non-hydrogen) atoms. The normalized spacial score (nSPS) is 11.2. The maximum Gasteiger partial charge on any atom is 0.229 e. The predicted octanol–water partition coefficient (Wildman–Crippen LogP) is 3.55. The van der Waals surface area contributed by atoms with Crippen molar-refractivity contribution in [2.45, 2.75) is 47.5 Å². The first kappa shape index (κ1) is 15.5. The summed E-state index contributed by atoms with van der Waals surface area (Å²) in [6.07, 6.45) is 2.11. The van der Waals surface area contributed by atoms with Gasteiger partial charge >= 0.3 is 0 Å². The summed E-state index contributed by atoms with van der Waals surface area (Å²) in [6.45, 7) is 10.3. The average Bonchev–Trinajstić information content (AvgIpc) is 2.31. The molecule has 0 bridgehead atoms. The molecule has 1 amide bonds. The van der Waals surface area contributed by atoms with Gasteiger partial charge in [0.15, 0.2) is 0 Å². The van der Waals surface area contributed by atoms with Gasteiger partial charge in [0, 0.05) is 11.5 Å². The Morgan fingerprint density at radius 3 is 2.58 bits per heavy atom. The van der Waals surface area contributed by atoms with Crippen molar-refractivity contribution in [1.29, 1.82) is 0 Å². The van der Waals surface area contributed by atoms with E-state index in [-0.39, 0.29) is 5.91 Å². The number of hydrogen-bond donors (Lipinski definition) is 1. The van der Waals surface area contributed by atoms with E-state index >= 15 is 0 Å². The SMILES string of the molecule is CCCCOc1ccc(NC(=O)C(C)(C)C)c(C)n1. The zero-order chi connectivity index (χ0) is 14.5. The quantitative estimate of drug-likeness (QED) is 0.827. The van der Waals surface area contributed by atoms with E-state index in [0.717, 1.165) is 24.2 Å². The topological polar surface area (TPSA) is 51.2 Å². The van der Waals surface area contributed by atoms with Crippen molar-refractivity contribution < 1.29 is 9.53 Å². The summed E-state index contributed by atoms with van der Waals surface area (Å²) in [5.74, 6) is 0.594. The lowest BCUT2D eigenvalue weighted by atomic mass is 9.95. The zero-order valence-electron chi connectivity index (χ0n) is 12.5. The average molecular weight is 264 g/mol. The van der Waals surface area contributed by atoms with Crippen LogP contribution in [-0.4, -0.2) is 17.5 Å². The Morgan fingerprint density at radius 1 is 1.37 bits per heavy atom. The van der Waals surface area contributed by atoms with Gasteiger partial charge in [-0.2, -0.15) is 0 Å². The lowest BCUT2D eigenvalue weighted by Crippen LogP contribution is -2.28. The van der Waals surface area contributed by atoms with E-state index in [1.807, 2.05) is 33.8 Å². The van der Waals surface area contributed by atoms with Crippen molar-refractivity contribution in [2.24, 2.45) is 5.41 Å². The maximum absolute atomic E-state index is 11.9. The monoisotopic (exact) mass is 264 g/mol. The number of aryl methyl sites for hydroxylation is 1. The first-order chi connectivity index (χ1) is 8.84. The molecule has 1 aromatic rings. The summed E-state index contributed by atoms with van der Waals surface area (Å²) in [4.78, 5) is 16.3. The number of carbonyl (C=O) groups is 1. The third kappa shape index (κ3) is 4.89. The number of carbonyl (C=O) groups excluding carboxylic acids is 1. The van der Waals surface area contributed by atoms with Crippen molar-refractivity contribution in [3.05, 3.63) is 17.8 Å². The van der Waals surface area contributed by atoms with Crippen molar-refractivity contribution >= 4 is 11.6 Å². The Bertz CT molecular complexity index is 436. The molecule has 0 aliphatic carbocycles. The van der Waals surface area contributed by atoms with Gasteiger partial charge in [-0.25, -0.2) is 4.98 Å². The summed E-state index contributed by atoms with van der Waals surface area (Å²) in [5, 5.41) is 2.89. The standard InChI is InChI=1S/C15H24N2O2/c1-6-7-10-19-13-9-8-12(11(2)16-13)17-14(18)15(3,4)5/h8-9H,6-7,10H2,1-5H3,(H,17,18). The molecule has 4 heteroatoms. The van der Waals surface area contributed by atoms with Crippen LogP contribution in [0.1, 0.15) is 46.2 Å². The molecule has 0 spiro atoms. The highest BCUT2D eigenvalue weighted by atomic mass is 16.5.